The maximum atomic E-state index is 12.5. The van der Waals surface area contributed by atoms with Crippen LogP contribution in [0.5, 0.6) is 11.5 Å². The van der Waals surface area contributed by atoms with Gasteiger partial charge in [0.2, 0.25) is 16.8 Å². The van der Waals surface area contributed by atoms with Gasteiger partial charge in [-0.3, -0.25) is 0 Å². The highest BCUT2D eigenvalue weighted by Gasteiger charge is 2.20. The van der Waals surface area contributed by atoms with Gasteiger partial charge in [-0.1, -0.05) is 35.9 Å². The molecule has 122 valence electrons. The van der Waals surface area contributed by atoms with E-state index in [4.69, 9.17) is 9.47 Å². The fraction of sp³-hybridized carbons (Fsp3) is 0.294. The Kier molecular flexibility index (Phi) is 4.28. The predicted octanol–water partition coefficient (Wildman–Crippen LogP) is 2.69. The van der Waals surface area contributed by atoms with Crippen LogP contribution in [0.2, 0.25) is 0 Å². The lowest BCUT2D eigenvalue weighted by Crippen LogP contribution is -2.27. The van der Waals surface area contributed by atoms with E-state index in [1.54, 1.807) is 13.1 Å². The van der Waals surface area contributed by atoms with Gasteiger partial charge in [-0.15, -0.1) is 0 Å². The largest absolute Gasteiger partial charge is 0.454 e. The van der Waals surface area contributed by atoms with Gasteiger partial charge in [-0.05, 0) is 30.2 Å². The first-order valence-corrected chi connectivity index (χ1v) is 8.93. The smallest absolute Gasteiger partial charge is 0.231 e. The van der Waals surface area contributed by atoms with Gasteiger partial charge in [0, 0.05) is 13.6 Å². The molecule has 0 atom stereocenters. The van der Waals surface area contributed by atoms with E-state index in [-0.39, 0.29) is 12.5 Å². The molecule has 6 heteroatoms. The molecule has 5 nitrogen and oxygen atoms in total. The standard InChI is InChI=1S/C17H19NO4S/c1-13-3-5-14(6-4-13)11-23(19,20)18(2)10-15-7-8-16-17(9-15)22-12-21-16/h3-9H,10-12H2,1-2H3. The Balaban J connectivity index is 1.71. The summed E-state index contributed by atoms with van der Waals surface area (Å²) in [5.41, 5.74) is 2.76. The molecule has 0 bridgehead atoms. The van der Waals surface area contributed by atoms with Crippen molar-refractivity contribution in [3.05, 3.63) is 59.2 Å². The Labute approximate surface area is 136 Å². The van der Waals surface area contributed by atoms with E-state index in [0.29, 0.717) is 18.0 Å². The minimum atomic E-state index is -3.38. The van der Waals surface area contributed by atoms with Crippen molar-refractivity contribution in [1.29, 1.82) is 0 Å². The monoisotopic (exact) mass is 333 g/mol. The molecule has 0 aromatic heterocycles. The number of rotatable bonds is 5. The second-order valence-corrected chi connectivity index (χ2v) is 7.76. The summed E-state index contributed by atoms with van der Waals surface area (Å²) in [6, 6.07) is 13.0. The fourth-order valence-electron chi connectivity index (χ4n) is 2.40. The number of benzene rings is 2. The van der Waals surface area contributed by atoms with Gasteiger partial charge in [0.15, 0.2) is 11.5 Å². The summed E-state index contributed by atoms with van der Waals surface area (Å²) < 4.78 is 36.9. The number of sulfonamides is 1. The van der Waals surface area contributed by atoms with Gasteiger partial charge < -0.3 is 9.47 Å². The zero-order chi connectivity index (χ0) is 16.4. The average molecular weight is 333 g/mol. The van der Waals surface area contributed by atoms with Crippen molar-refractivity contribution in [3.63, 3.8) is 0 Å². The number of aryl methyl sites for hydroxylation is 1. The Morgan fingerprint density at radius 2 is 1.65 bits per heavy atom. The molecule has 0 saturated carbocycles. The zero-order valence-corrected chi connectivity index (χ0v) is 14.0. The molecular weight excluding hydrogens is 314 g/mol. The maximum absolute atomic E-state index is 12.5. The van der Waals surface area contributed by atoms with Crippen LogP contribution in [0.4, 0.5) is 0 Å². The molecule has 0 fully saturated rings. The van der Waals surface area contributed by atoms with E-state index in [1.165, 1.54) is 4.31 Å². The molecule has 0 spiro atoms. The summed E-state index contributed by atoms with van der Waals surface area (Å²) in [6.45, 7) is 2.48. The second-order valence-electron chi connectivity index (χ2n) is 5.69. The fourth-order valence-corrected chi connectivity index (χ4v) is 3.58. The van der Waals surface area contributed by atoms with Crippen LogP contribution < -0.4 is 9.47 Å². The quantitative estimate of drug-likeness (QED) is 0.844. The summed E-state index contributed by atoms with van der Waals surface area (Å²) in [7, 11) is -1.79. The van der Waals surface area contributed by atoms with E-state index < -0.39 is 10.0 Å². The van der Waals surface area contributed by atoms with Crippen LogP contribution in [0.3, 0.4) is 0 Å². The highest BCUT2D eigenvalue weighted by atomic mass is 32.2. The first-order chi connectivity index (χ1) is 10.9. The molecular formula is C17H19NO4S. The summed E-state index contributed by atoms with van der Waals surface area (Å²) in [5.74, 6) is 1.35. The molecule has 23 heavy (non-hydrogen) atoms. The Bertz CT molecular complexity index is 800. The van der Waals surface area contributed by atoms with Crippen molar-refractivity contribution in [2.75, 3.05) is 13.8 Å². The van der Waals surface area contributed by atoms with Crippen molar-refractivity contribution in [1.82, 2.24) is 4.31 Å². The lowest BCUT2D eigenvalue weighted by molar-refractivity contribution is 0.174. The Morgan fingerprint density at radius 3 is 2.39 bits per heavy atom. The molecule has 3 rings (SSSR count). The molecule has 0 amide bonds. The molecule has 1 aliphatic rings. The highest BCUT2D eigenvalue weighted by molar-refractivity contribution is 7.88. The maximum Gasteiger partial charge on any atom is 0.231 e. The van der Waals surface area contributed by atoms with Gasteiger partial charge in [0.1, 0.15) is 0 Å². The second kappa shape index (κ2) is 6.22. The topological polar surface area (TPSA) is 55.8 Å². The number of fused-ring (bicyclic) bond motifs is 1. The van der Waals surface area contributed by atoms with Crippen molar-refractivity contribution in [2.45, 2.75) is 19.2 Å². The van der Waals surface area contributed by atoms with Gasteiger partial charge in [0.25, 0.3) is 0 Å². The van der Waals surface area contributed by atoms with Crippen molar-refractivity contribution in [3.8, 4) is 11.5 Å². The number of hydrogen-bond acceptors (Lipinski definition) is 4. The summed E-state index contributed by atoms with van der Waals surface area (Å²) in [4.78, 5) is 0. The van der Waals surface area contributed by atoms with E-state index in [0.717, 1.165) is 16.7 Å². The van der Waals surface area contributed by atoms with E-state index in [2.05, 4.69) is 0 Å². The van der Waals surface area contributed by atoms with Gasteiger partial charge >= 0.3 is 0 Å². The third-order valence-corrected chi connectivity index (χ3v) is 5.56. The third kappa shape index (κ3) is 3.65. The lowest BCUT2D eigenvalue weighted by Gasteiger charge is -2.17. The molecule has 1 aliphatic heterocycles. The molecule has 1 heterocycles. The van der Waals surface area contributed by atoms with E-state index >= 15 is 0 Å². The van der Waals surface area contributed by atoms with Crippen LogP contribution in [-0.4, -0.2) is 26.6 Å². The summed E-state index contributed by atoms with van der Waals surface area (Å²) >= 11 is 0. The number of nitrogens with zero attached hydrogens (tertiary/aromatic N) is 1. The van der Waals surface area contributed by atoms with Crippen LogP contribution in [0.1, 0.15) is 16.7 Å². The lowest BCUT2D eigenvalue weighted by atomic mass is 10.2. The normalized spacial score (nSPS) is 13.5. The van der Waals surface area contributed by atoms with Crippen LogP contribution in [-0.2, 0) is 22.3 Å². The molecule has 2 aromatic rings. The van der Waals surface area contributed by atoms with Crippen LogP contribution >= 0.6 is 0 Å². The first kappa shape index (κ1) is 15.8. The first-order valence-electron chi connectivity index (χ1n) is 7.32. The summed E-state index contributed by atoms with van der Waals surface area (Å²) in [5, 5.41) is 0. The SMILES string of the molecule is Cc1ccc(CS(=O)(=O)N(C)Cc2ccc3c(c2)OCO3)cc1. The molecule has 0 radical (unpaired) electrons. The number of ether oxygens (including phenoxy) is 2. The van der Waals surface area contributed by atoms with Gasteiger partial charge in [-0.25, -0.2) is 12.7 Å². The average Bonchev–Trinajstić information content (AvgIpc) is 2.97. The summed E-state index contributed by atoms with van der Waals surface area (Å²) in [6.07, 6.45) is 0. The minimum Gasteiger partial charge on any atom is -0.454 e. The van der Waals surface area contributed by atoms with Gasteiger partial charge in [0.05, 0.1) is 5.75 Å². The van der Waals surface area contributed by atoms with Crippen molar-refractivity contribution >= 4 is 10.0 Å². The van der Waals surface area contributed by atoms with E-state index in [1.807, 2.05) is 43.3 Å². The van der Waals surface area contributed by atoms with Crippen LogP contribution in [0.25, 0.3) is 0 Å². The molecule has 0 unspecified atom stereocenters. The molecule has 0 N–H and O–H groups in total. The zero-order valence-electron chi connectivity index (χ0n) is 13.2. The van der Waals surface area contributed by atoms with E-state index in [9.17, 15) is 8.42 Å². The number of hydrogen-bond donors (Lipinski definition) is 0. The molecule has 2 aromatic carbocycles. The highest BCUT2D eigenvalue weighted by Crippen LogP contribution is 2.32. The Hall–Kier alpha value is -2.05. The third-order valence-electron chi connectivity index (χ3n) is 3.79. The van der Waals surface area contributed by atoms with Crippen LogP contribution in [0, 0.1) is 6.92 Å². The Morgan fingerprint density at radius 1 is 1.00 bits per heavy atom. The van der Waals surface area contributed by atoms with Gasteiger partial charge in [-0.2, -0.15) is 0 Å². The van der Waals surface area contributed by atoms with Crippen molar-refractivity contribution in [2.24, 2.45) is 0 Å². The van der Waals surface area contributed by atoms with Crippen molar-refractivity contribution < 1.29 is 17.9 Å². The minimum absolute atomic E-state index is 0.00562. The molecule has 0 saturated heterocycles. The predicted molar refractivity (Wildman–Crippen MR) is 87.8 cm³/mol. The molecule has 0 aliphatic carbocycles. The van der Waals surface area contributed by atoms with Crippen LogP contribution in [0.15, 0.2) is 42.5 Å².